The fourth-order valence-electron chi connectivity index (χ4n) is 1.73. The zero-order chi connectivity index (χ0) is 13.7. The Kier molecular flexibility index (Phi) is 4.02. The van der Waals surface area contributed by atoms with Crippen LogP contribution < -0.4 is 5.32 Å². The average Bonchev–Trinajstić information content (AvgIpc) is 2.39. The number of hydrogen-bond donors (Lipinski definition) is 1. The van der Waals surface area contributed by atoms with Crippen molar-refractivity contribution in [1.82, 2.24) is 4.98 Å². The molecule has 2 rings (SSSR count). The number of benzene rings is 1. The highest BCUT2D eigenvalue weighted by atomic mass is 19.1. The van der Waals surface area contributed by atoms with E-state index in [1.165, 1.54) is 12.1 Å². The molecule has 19 heavy (non-hydrogen) atoms. The molecule has 5 nitrogen and oxygen atoms in total. The van der Waals surface area contributed by atoms with Crippen LogP contribution in [0.2, 0.25) is 0 Å². The number of hydrogen-bond acceptors (Lipinski definition) is 4. The molecule has 0 spiro atoms. The standard InChI is InChI=1S/C13H12FN3O2/c14-11-2-1-3-12(13(11)17(18)19)16-9-6-10-4-7-15-8-5-10/h1-5,7-8,16H,6,9H2. The first-order valence-electron chi connectivity index (χ1n) is 5.74. The van der Waals surface area contributed by atoms with E-state index in [2.05, 4.69) is 10.3 Å². The molecule has 0 saturated carbocycles. The van der Waals surface area contributed by atoms with Gasteiger partial charge in [0, 0.05) is 18.9 Å². The lowest BCUT2D eigenvalue weighted by atomic mass is 10.2. The topological polar surface area (TPSA) is 68.1 Å². The molecule has 0 radical (unpaired) electrons. The lowest BCUT2D eigenvalue weighted by Crippen LogP contribution is -2.07. The summed E-state index contributed by atoms with van der Waals surface area (Å²) in [5, 5.41) is 13.7. The lowest BCUT2D eigenvalue weighted by Gasteiger charge is -2.07. The van der Waals surface area contributed by atoms with Crippen LogP contribution in [-0.2, 0) is 6.42 Å². The molecule has 2 aromatic rings. The number of aromatic nitrogens is 1. The van der Waals surface area contributed by atoms with Crippen LogP contribution in [0, 0.1) is 15.9 Å². The van der Waals surface area contributed by atoms with Gasteiger partial charge in [0.05, 0.1) is 4.92 Å². The molecule has 0 aliphatic rings. The van der Waals surface area contributed by atoms with Crippen LogP contribution in [0.15, 0.2) is 42.7 Å². The first kappa shape index (κ1) is 12.9. The quantitative estimate of drug-likeness (QED) is 0.663. The van der Waals surface area contributed by atoms with E-state index in [4.69, 9.17) is 0 Å². The monoisotopic (exact) mass is 261 g/mol. The number of nitro benzene ring substituents is 1. The number of nitrogens with zero attached hydrogens (tertiary/aromatic N) is 2. The molecule has 1 aromatic carbocycles. The summed E-state index contributed by atoms with van der Waals surface area (Å²) in [5.41, 5.74) is 0.734. The smallest absolute Gasteiger partial charge is 0.327 e. The normalized spacial score (nSPS) is 10.2. The fraction of sp³-hybridized carbons (Fsp3) is 0.154. The van der Waals surface area contributed by atoms with Crippen LogP contribution in [0.1, 0.15) is 5.56 Å². The van der Waals surface area contributed by atoms with Crippen molar-refractivity contribution in [3.63, 3.8) is 0 Å². The Hall–Kier alpha value is -2.50. The molecule has 0 bridgehead atoms. The molecule has 0 saturated heterocycles. The second-order valence-electron chi connectivity index (χ2n) is 3.93. The predicted octanol–water partition coefficient (Wildman–Crippen LogP) is 2.78. The van der Waals surface area contributed by atoms with Crippen molar-refractivity contribution >= 4 is 11.4 Å². The summed E-state index contributed by atoms with van der Waals surface area (Å²) in [6, 6.07) is 7.74. The largest absolute Gasteiger partial charge is 0.379 e. The van der Waals surface area contributed by atoms with Crippen molar-refractivity contribution < 1.29 is 9.31 Å². The molecule has 0 aliphatic carbocycles. The van der Waals surface area contributed by atoms with Gasteiger partial charge in [0.2, 0.25) is 5.82 Å². The summed E-state index contributed by atoms with van der Waals surface area (Å²) >= 11 is 0. The summed E-state index contributed by atoms with van der Waals surface area (Å²) in [6.07, 6.45) is 4.04. The molecule has 0 amide bonds. The molecule has 1 aromatic heterocycles. The Balaban J connectivity index is 2.04. The van der Waals surface area contributed by atoms with Gasteiger partial charge in [0.15, 0.2) is 0 Å². The molecule has 0 fully saturated rings. The number of nitrogens with one attached hydrogen (secondary N) is 1. The number of anilines is 1. The summed E-state index contributed by atoms with van der Waals surface area (Å²) in [4.78, 5) is 14.0. The summed E-state index contributed by atoms with van der Waals surface area (Å²) in [6.45, 7) is 0.480. The van der Waals surface area contributed by atoms with E-state index >= 15 is 0 Å². The first-order valence-corrected chi connectivity index (χ1v) is 5.74. The Morgan fingerprint density at radius 2 is 2.00 bits per heavy atom. The minimum Gasteiger partial charge on any atom is -0.379 e. The van der Waals surface area contributed by atoms with Gasteiger partial charge in [-0.15, -0.1) is 0 Å². The van der Waals surface area contributed by atoms with Crippen molar-refractivity contribution in [2.75, 3.05) is 11.9 Å². The van der Waals surface area contributed by atoms with E-state index in [0.717, 1.165) is 11.6 Å². The van der Waals surface area contributed by atoms with Crippen molar-refractivity contribution in [2.45, 2.75) is 6.42 Å². The minimum absolute atomic E-state index is 0.194. The van der Waals surface area contributed by atoms with E-state index < -0.39 is 16.4 Å². The molecule has 0 unspecified atom stereocenters. The maximum absolute atomic E-state index is 13.4. The van der Waals surface area contributed by atoms with Crippen LogP contribution in [0.25, 0.3) is 0 Å². The third kappa shape index (κ3) is 3.25. The third-order valence-corrected chi connectivity index (χ3v) is 2.65. The van der Waals surface area contributed by atoms with Gasteiger partial charge in [-0.25, -0.2) is 0 Å². The van der Waals surface area contributed by atoms with Crippen LogP contribution in [-0.4, -0.2) is 16.5 Å². The number of halogens is 1. The highest BCUT2D eigenvalue weighted by Crippen LogP contribution is 2.26. The van der Waals surface area contributed by atoms with Crippen molar-refractivity contribution in [1.29, 1.82) is 0 Å². The van der Waals surface area contributed by atoms with Gasteiger partial charge in [-0.05, 0) is 36.2 Å². The number of rotatable bonds is 5. The van der Waals surface area contributed by atoms with E-state index in [1.54, 1.807) is 12.4 Å². The van der Waals surface area contributed by atoms with Crippen molar-refractivity contribution in [3.05, 3.63) is 64.2 Å². The van der Waals surface area contributed by atoms with E-state index in [9.17, 15) is 14.5 Å². The van der Waals surface area contributed by atoms with Gasteiger partial charge in [0.25, 0.3) is 0 Å². The van der Waals surface area contributed by atoms with E-state index in [-0.39, 0.29) is 5.69 Å². The lowest BCUT2D eigenvalue weighted by molar-refractivity contribution is -0.386. The van der Waals surface area contributed by atoms with E-state index in [1.807, 2.05) is 12.1 Å². The van der Waals surface area contributed by atoms with Crippen molar-refractivity contribution in [3.8, 4) is 0 Å². The first-order chi connectivity index (χ1) is 9.18. The van der Waals surface area contributed by atoms with Gasteiger partial charge in [0.1, 0.15) is 5.69 Å². The van der Waals surface area contributed by atoms with Gasteiger partial charge in [-0.1, -0.05) is 6.07 Å². The third-order valence-electron chi connectivity index (χ3n) is 2.65. The Labute approximate surface area is 109 Å². The highest BCUT2D eigenvalue weighted by molar-refractivity contribution is 5.61. The summed E-state index contributed by atoms with van der Waals surface area (Å²) in [5.74, 6) is -0.834. The van der Waals surface area contributed by atoms with Gasteiger partial charge in [-0.3, -0.25) is 15.1 Å². The zero-order valence-electron chi connectivity index (χ0n) is 10.0. The van der Waals surface area contributed by atoms with Gasteiger partial charge < -0.3 is 5.32 Å². The van der Waals surface area contributed by atoms with Gasteiger partial charge >= 0.3 is 5.69 Å². The average molecular weight is 261 g/mol. The molecular weight excluding hydrogens is 249 g/mol. The second kappa shape index (κ2) is 5.90. The minimum atomic E-state index is -0.834. The zero-order valence-corrected chi connectivity index (χ0v) is 10.0. The maximum atomic E-state index is 13.4. The van der Waals surface area contributed by atoms with Crippen LogP contribution in [0.5, 0.6) is 0 Å². The number of para-hydroxylation sites is 1. The molecule has 0 atom stereocenters. The van der Waals surface area contributed by atoms with E-state index in [0.29, 0.717) is 13.0 Å². The fourth-order valence-corrected chi connectivity index (χ4v) is 1.73. The Morgan fingerprint density at radius 1 is 1.26 bits per heavy atom. The molecule has 0 aliphatic heterocycles. The summed E-state index contributed by atoms with van der Waals surface area (Å²) < 4.78 is 13.4. The Bertz CT molecular complexity index is 575. The Morgan fingerprint density at radius 3 is 2.68 bits per heavy atom. The SMILES string of the molecule is O=[N+]([O-])c1c(F)cccc1NCCc1ccncc1. The van der Waals surface area contributed by atoms with Crippen LogP contribution in [0.4, 0.5) is 15.8 Å². The van der Waals surface area contributed by atoms with Crippen molar-refractivity contribution in [2.24, 2.45) is 0 Å². The molecule has 6 heteroatoms. The summed E-state index contributed by atoms with van der Waals surface area (Å²) in [7, 11) is 0. The maximum Gasteiger partial charge on any atom is 0.327 e. The predicted molar refractivity (Wildman–Crippen MR) is 69.5 cm³/mol. The van der Waals surface area contributed by atoms with Gasteiger partial charge in [-0.2, -0.15) is 4.39 Å². The second-order valence-corrected chi connectivity index (χ2v) is 3.93. The van der Waals surface area contributed by atoms with Crippen LogP contribution >= 0.6 is 0 Å². The molecule has 1 heterocycles. The number of pyridine rings is 1. The number of nitro groups is 1. The van der Waals surface area contributed by atoms with Crippen LogP contribution in [0.3, 0.4) is 0 Å². The molecular formula is C13H12FN3O2. The highest BCUT2D eigenvalue weighted by Gasteiger charge is 2.19. The molecule has 1 N–H and O–H groups in total. The molecule has 98 valence electrons.